The van der Waals surface area contributed by atoms with Gasteiger partial charge in [-0.15, -0.1) is 0 Å². The predicted octanol–water partition coefficient (Wildman–Crippen LogP) is 0.734. The molecule has 0 saturated carbocycles. The molecule has 0 aliphatic carbocycles. The Balaban J connectivity index is 1.99. The summed E-state index contributed by atoms with van der Waals surface area (Å²) >= 11 is 0. The number of aromatic nitrogens is 1. The molecular weight excluding hydrogens is 228 g/mol. The predicted molar refractivity (Wildman–Crippen MR) is 71.2 cm³/mol. The van der Waals surface area contributed by atoms with Crippen LogP contribution in [0.25, 0.3) is 0 Å². The highest BCUT2D eigenvalue weighted by atomic mass is 16.1. The first kappa shape index (κ1) is 12.8. The van der Waals surface area contributed by atoms with E-state index in [1.54, 1.807) is 18.2 Å². The first-order chi connectivity index (χ1) is 8.56. The second-order valence-corrected chi connectivity index (χ2v) is 5.06. The number of pyridine rings is 1. The van der Waals surface area contributed by atoms with Gasteiger partial charge >= 0.3 is 0 Å². The van der Waals surface area contributed by atoms with Gasteiger partial charge in [-0.3, -0.25) is 4.79 Å². The SMILES string of the molecule is CC1CN(C)CCC1NC(=O)c1cccc(N)n1. The lowest BCUT2D eigenvalue weighted by Crippen LogP contribution is -2.49. The Morgan fingerprint density at radius 2 is 2.33 bits per heavy atom. The first-order valence-corrected chi connectivity index (χ1v) is 6.28. The minimum Gasteiger partial charge on any atom is -0.384 e. The normalized spacial score (nSPS) is 24.8. The second kappa shape index (κ2) is 5.35. The Hall–Kier alpha value is -1.62. The number of nitrogen functional groups attached to an aromatic ring is 1. The Morgan fingerprint density at radius 1 is 1.56 bits per heavy atom. The zero-order chi connectivity index (χ0) is 13.1. The number of nitrogens with two attached hydrogens (primary N) is 1. The fraction of sp³-hybridized carbons (Fsp3) is 0.538. The lowest BCUT2D eigenvalue weighted by Gasteiger charge is -2.35. The van der Waals surface area contributed by atoms with Crippen LogP contribution in [0.3, 0.4) is 0 Å². The lowest BCUT2D eigenvalue weighted by molar-refractivity contribution is 0.0879. The van der Waals surface area contributed by atoms with Crippen LogP contribution in [-0.4, -0.2) is 42.0 Å². The number of piperidine rings is 1. The third-order valence-electron chi connectivity index (χ3n) is 3.43. The van der Waals surface area contributed by atoms with Gasteiger partial charge in [-0.25, -0.2) is 4.98 Å². The fourth-order valence-corrected chi connectivity index (χ4v) is 2.39. The van der Waals surface area contributed by atoms with Crippen LogP contribution >= 0.6 is 0 Å². The lowest BCUT2D eigenvalue weighted by atomic mass is 9.94. The molecule has 1 fully saturated rings. The Labute approximate surface area is 107 Å². The van der Waals surface area contributed by atoms with Gasteiger partial charge in [-0.2, -0.15) is 0 Å². The van der Waals surface area contributed by atoms with Gasteiger partial charge in [0.15, 0.2) is 0 Å². The van der Waals surface area contributed by atoms with Crippen molar-refractivity contribution < 1.29 is 4.79 Å². The molecule has 1 aromatic rings. The molecule has 2 rings (SSSR count). The smallest absolute Gasteiger partial charge is 0.270 e. The maximum atomic E-state index is 12.0. The van der Waals surface area contributed by atoms with Crippen molar-refractivity contribution in [2.24, 2.45) is 5.92 Å². The highest BCUT2D eigenvalue weighted by Crippen LogP contribution is 2.15. The van der Waals surface area contributed by atoms with E-state index in [1.807, 2.05) is 0 Å². The summed E-state index contributed by atoms with van der Waals surface area (Å²) in [5.41, 5.74) is 5.97. The van der Waals surface area contributed by atoms with E-state index in [2.05, 4.69) is 29.2 Å². The number of nitrogens with one attached hydrogen (secondary N) is 1. The van der Waals surface area contributed by atoms with Crippen LogP contribution in [-0.2, 0) is 0 Å². The van der Waals surface area contributed by atoms with Gasteiger partial charge in [0.25, 0.3) is 5.91 Å². The van der Waals surface area contributed by atoms with Crippen molar-refractivity contribution in [3.63, 3.8) is 0 Å². The van der Waals surface area contributed by atoms with Gasteiger partial charge in [0, 0.05) is 12.6 Å². The molecule has 1 aromatic heterocycles. The third kappa shape index (κ3) is 2.98. The molecular formula is C13H20N4O. The van der Waals surface area contributed by atoms with Gasteiger partial charge in [0.2, 0.25) is 0 Å². The van der Waals surface area contributed by atoms with Gasteiger partial charge in [0.05, 0.1) is 0 Å². The van der Waals surface area contributed by atoms with E-state index in [4.69, 9.17) is 5.73 Å². The standard InChI is InChI=1S/C13H20N4O/c1-9-8-17(2)7-6-10(9)16-13(18)11-4-3-5-12(14)15-11/h3-5,9-10H,6-8H2,1-2H3,(H2,14,15)(H,16,18). The molecule has 0 radical (unpaired) electrons. The van der Waals surface area contributed by atoms with Gasteiger partial charge in [-0.1, -0.05) is 13.0 Å². The van der Waals surface area contributed by atoms with E-state index in [0.717, 1.165) is 19.5 Å². The zero-order valence-electron chi connectivity index (χ0n) is 10.9. The molecule has 1 aliphatic rings. The van der Waals surface area contributed by atoms with E-state index < -0.39 is 0 Å². The van der Waals surface area contributed by atoms with Crippen molar-refractivity contribution in [1.29, 1.82) is 0 Å². The maximum Gasteiger partial charge on any atom is 0.270 e. The van der Waals surface area contributed by atoms with Crippen molar-refractivity contribution in [2.45, 2.75) is 19.4 Å². The molecule has 0 aromatic carbocycles. The molecule has 5 heteroatoms. The molecule has 0 bridgehead atoms. The largest absolute Gasteiger partial charge is 0.384 e. The number of carbonyl (C=O) groups excluding carboxylic acids is 1. The molecule has 2 heterocycles. The topological polar surface area (TPSA) is 71.2 Å². The molecule has 1 aliphatic heterocycles. The highest BCUT2D eigenvalue weighted by molar-refractivity contribution is 5.92. The molecule has 2 atom stereocenters. The minimum absolute atomic E-state index is 0.135. The fourth-order valence-electron chi connectivity index (χ4n) is 2.39. The number of nitrogens with zero attached hydrogens (tertiary/aromatic N) is 2. The Bertz CT molecular complexity index is 435. The van der Waals surface area contributed by atoms with E-state index in [0.29, 0.717) is 17.4 Å². The van der Waals surface area contributed by atoms with Gasteiger partial charge in [0.1, 0.15) is 11.5 Å². The summed E-state index contributed by atoms with van der Waals surface area (Å²) in [5.74, 6) is 0.691. The van der Waals surface area contributed by atoms with E-state index >= 15 is 0 Å². The summed E-state index contributed by atoms with van der Waals surface area (Å²) < 4.78 is 0. The van der Waals surface area contributed by atoms with Crippen molar-refractivity contribution in [1.82, 2.24) is 15.2 Å². The second-order valence-electron chi connectivity index (χ2n) is 5.06. The number of hydrogen-bond donors (Lipinski definition) is 2. The van der Waals surface area contributed by atoms with E-state index in [9.17, 15) is 4.79 Å². The van der Waals surface area contributed by atoms with Crippen molar-refractivity contribution >= 4 is 11.7 Å². The van der Waals surface area contributed by atoms with E-state index in [-0.39, 0.29) is 11.9 Å². The zero-order valence-corrected chi connectivity index (χ0v) is 10.9. The summed E-state index contributed by atoms with van der Waals surface area (Å²) in [6.45, 7) is 4.18. The molecule has 1 saturated heterocycles. The molecule has 5 nitrogen and oxygen atoms in total. The monoisotopic (exact) mass is 248 g/mol. The average molecular weight is 248 g/mol. The number of likely N-dealkylation sites (tertiary alicyclic amines) is 1. The summed E-state index contributed by atoms with van der Waals surface area (Å²) in [7, 11) is 2.11. The Morgan fingerprint density at radius 3 is 3.00 bits per heavy atom. The van der Waals surface area contributed by atoms with Crippen molar-refractivity contribution in [2.75, 3.05) is 25.9 Å². The minimum atomic E-state index is -0.135. The Kier molecular flexibility index (Phi) is 3.81. The summed E-state index contributed by atoms with van der Waals surface area (Å²) in [5, 5.41) is 3.05. The van der Waals surface area contributed by atoms with Crippen LogP contribution in [0.15, 0.2) is 18.2 Å². The highest BCUT2D eigenvalue weighted by Gasteiger charge is 2.26. The molecule has 0 spiro atoms. The molecule has 1 amide bonds. The maximum absolute atomic E-state index is 12.0. The number of carbonyl (C=O) groups is 1. The third-order valence-corrected chi connectivity index (χ3v) is 3.43. The average Bonchev–Trinajstić information content (AvgIpc) is 2.32. The quantitative estimate of drug-likeness (QED) is 0.809. The summed E-state index contributed by atoms with van der Waals surface area (Å²) in [6, 6.07) is 5.33. The van der Waals surface area contributed by atoms with Gasteiger partial charge in [-0.05, 0) is 38.1 Å². The summed E-state index contributed by atoms with van der Waals surface area (Å²) in [4.78, 5) is 18.4. The number of amides is 1. The van der Waals surface area contributed by atoms with Crippen LogP contribution in [0.2, 0.25) is 0 Å². The molecule has 2 unspecified atom stereocenters. The number of anilines is 1. The number of hydrogen-bond acceptors (Lipinski definition) is 4. The van der Waals surface area contributed by atoms with Crippen LogP contribution in [0.5, 0.6) is 0 Å². The molecule has 3 N–H and O–H groups in total. The van der Waals surface area contributed by atoms with Crippen molar-refractivity contribution in [3.8, 4) is 0 Å². The van der Waals surface area contributed by atoms with E-state index in [1.165, 1.54) is 0 Å². The molecule has 98 valence electrons. The van der Waals surface area contributed by atoms with Crippen LogP contribution < -0.4 is 11.1 Å². The van der Waals surface area contributed by atoms with Crippen molar-refractivity contribution in [3.05, 3.63) is 23.9 Å². The summed E-state index contributed by atoms with van der Waals surface area (Å²) in [6.07, 6.45) is 0.978. The number of rotatable bonds is 2. The van der Waals surface area contributed by atoms with Gasteiger partial charge < -0.3 is 16.0 Å². The molecule has 18 heavy (non-hydrogen) atoms. The van der Waals surface area contributed by atoms with Crippen LogP contribution in [0.4, 0.5) is 5.82 Å². The van der Waals surface area contributed by atoms with Crippen LogP contribution in [0.1, 0.15) is 23.8 Å². The first-order valence-electron chi connectivity index (χ1n) is 6.28. The van der Waals surface area contributed by atoms with Crippen LogP contribution in [0, 0.1) is 5.92 Å².